The first-order valence-corrected chi connectivity index (χ1v) is 7.68. The van der Waals surface area contributed by atoms with Gasteiger partial charge in [-0.3, -0.25) is 9.63 Å². The fourth-order valence-corrected chi connectivity index (χ4v) is 3.51. The Bertz CT molecular complexity index is 524. The molecule has 0 aromatic heterocycles. The van der Waals surface area contributed by atoms with Gasteiger partial charge in [-0.1, -0.05) is 18.2 Å². The van der Waals surface area contributed by atoms with Crippen molar-refractivity contribution in [3.05, 3.63) is 33.4 Å². The number of hydrogen-bond donors (Lipinski definition) is 1. The molecule has 108 valence electrons. The normalized spacial score (nSPS) is 33.2. The number of aliphatic hydroxyl groups is 1. The molecule has 2 aliphatic rings. The molecular weight excluding hydrogens is 373 g/mol. The summed E-state index contributed by atoms with van der Waals surface area (Å²) in [5, 5.41) is 11.1. The van der Waals surface area contributed by atoms with Crippen molar-refractivity contribution in [3.8, 4) is 0 Å². The highest BCUT2D eigenvalue weighted by Gasteiger charge is 2.56. The van der Waals surface area contributed by atoms with Crippen LogP contribution in [0.3, 0.4) is 0 Å². The number of hydrogen-bond acceptors (Lipinski definition) is 5. The molecule has 0 unspecified atom stereocenters. The molecule has 0 bridgehead atoms. The van der Waals surface area contributed by atoms with Crippen LogP contribution in [0, 0.1) is 9.49 Å². The molecule has 0 radical (unpaired) electrons. The number of cyclic esters (lactones) is 1. The molecule has 0 saturated carbocycles. The number of carbonyl (C=O) groups is 1. The first kappa shape index (κ1) is 14.2. The summed E-state index contributed by atoms with van der Waals surface area (Å²) in [7, 11) is 0. The van der Waals surface area contributed by atoms with E-state index in [1.807, 2.05) is 31.2 Å². The van der Waals surface area contributed by atoms with Gasteiger partial charge >= 0.3 is 5.97 Å². The van der Waals surface area contributed by atoms with Gasteiger partial charge in [-0.15, -0.1) is 0 Å². The highest BCUT2D eigenvalue weighted by atomic mass is 127. The lowest BCUT2D eigenvalue weighted by atomic mass is 9.93. The van der Waals surface area contributed by atoms with Crippen LogP contribution in [0.15, 0.2) is 24.3 Å². The number of fused-ring (bicyclic) bond motifs is 1. The van der Waals surface area contributed by atoms with Gasteiger partial charge in [0, 0.05) is 3.57 Å². The summed E-state index contributed by atoms with van der Waals surface area (Å²) >= 11 is 2.26. The molecule has 3 rings (SSSR count). The maximum absolute atomic E-state index is 12.0. The number of benzene rings is 1. The summed E-state index contributed by atoms with van der Waals surface area (Å²) in [6.45, 7) is 2.26. The van der Waals surface area contributed by atoms with Crippen molar-refractivity contribution >= 4 is 28.6 Å². The number of halogens is 1. The zero-order valence-corrected chi connectivity index (χ0v) is 13.2. The van der Waals surface area contributed by atoms with Crippen LogP contribution in [0.4, 0.5) is 0 Å². The van der Waals surface area contributed by atoms with Crippen LogP contribution in [-0.4, -0.2) is 41.0 Å². The lowest BCUT2D eigenvalue weighted by Crippen LogP contribution is -2.35. The number of rotatable bonds is 3. The Morgan fingerprint density at radius 1 is 1.40 bits per heavy atom. The van der Waals surface area contributed by atoms with Crippen molar-refractivity contribution in [1.82, 2.24) is 5.06 Å². The lowest BCUT2D eigenvalue weighted by Gasteiger charge is -2.20. The molecule has 20 heavy (non-hydrogen) atoms. The molecule has 1 aromatic carbocycles. The topological polar surface area (TPSA) is 59.0 Å². The van der Waals surface area contributed by atoms with Gasteiger partial charge in [0.15, 0.2) is 0 Å². The monoisotopic (exact) mass is 389 g/mol. The van der Waals surface area contributed by atoms with Gasteiger partial charge in [-0.25, -0.2) is 0 Å². The summed E-state index contributed by atoms with van der Waals surface area (Å²) in [5.74, 6) is -0.363. The molecule has 2 aliphatic heterocycles. The van der Waals surface area contributed by atoms with E-state index in [1.165, 1.54) is 0 Å². The minimum Gasteiger partial charge on any atom is -0.461 e. The van der Waals surface area contributed by atoms with E-state index in [0.717, 1.165) is 9.13 Å². The van der Waals surface area contributed by atoms with Crippen LogP contribution in [0.2, 0.25) is 0 Å². The van der Waals surface area contributed by atoms with Gasteiger partial charge in [0.25, 0.3) is 0 Å². The first-order chi connectivity index (χ1) is 9.61. The Labute approximate surface area is 130 Å². The molecule has 2 heterocycles. The SMILES string of the molecule is C[C@H]1OC(=O)[C@H]2[C@@H]1[C@@H](CO)ON2Cc1ccccc1I. The Hall–Kier alpha value is -0.700. The van der Waals surface area contributed by atoms with E-state index >= 15 is 0 Å². The van der Waals surface area contributed by atoms with Crippen molar-refractivity contribution < 1.29 is 19.5 Å². The highest BCUT2D eigenvalue weighted by molar-refractivity contribution is 14.1. The molecule has 2 saturated heterocycles. The summed E-state index contributed by atoms with van der Waals surface area (Å²) in [4.78, 5) is 17.7. The Morgan fingerprint density at radius 3 is 2.85 bits per heavy atom. The van der Waals surface area contributed by atoms with Gasteiger partial charge in [0.2, 0.25) is 0 Å². The zero-order valence-electron chi connectivity index (χ0n) is 11.0. The molecule has 6 heteroatoms. The van der Waals surface area contributed by atoms with Gasteiger partial charge in [0.05, 0.1) is 19.1 Å². The molecule has 5 nitrogen and oxygen atoms in total. The molecular formula is C14H16INO4. The number of nitrogens with zero attached hydrogens (tertiary/aromatic N) is 1. The largest absolute Gasteiger partial charge is 0.461 e. The van der Waals surface area contributed by atoms with Gasteiger partial charge in [-0.2, -0.15) is 5.06 Å². The van der Waals surface area contributed by atoms with Crippen LogP contribution in [0.1, 0.15) is 12.5 Å². The molecule has 2 fully saturated rings. The van der Waals surface area contributed by atoms with Crippen molar-refractivity contribution in [3.63, 3.8) is 0 Å². The second kappa shape index (κ2) is 5.59. The van der Waals surface area contributed by atoms with Gasteiger partial charge in [0.1, 0.15) is 18.2 Å². The third-order valence-electron chi connectivity index (χ3n) is 3.92. The van der Waals surface area contributed by atoms with E-state index in [1.54, 1.807) is 5.06 Å². The average Bonchev–Trinajstić information content (AvgIpc) is 2.93. The minimum atomic E-state index is -0.418. The third kappa shape index (κ3) is 2.34. The highest BCUT2D eigenvalue weighted by Crippen LogP contribution is 2.38. The van der Waals surface area contributed by atoms with E-state index in [2.05, 4.69) is 22.6 Å². The molecule has 0 spiro atoms. The maximum atomic E-state index is 12.0. The van der Waals surface area contributed by atoms with Gasteiger partial charge < -0.3 is 9.84 Å². The van der Waals surface area contributed by atoms with Crippen LogP contribution in [0.25, 0.3) is 0 Å². The summed E-state index contributed by atoms with van der Waals surface area (Å²) < 4.78 is 6.41. The second-order valence-electron chi connectivity index (χ2n) is 5.16. The third-order valence-corrected chi connectivity index (χ3v) is 4.98. The van der Waals surface area contributed by atoms with Crippen molar-refractivity contribution in [2.45, 2.75) is 31.7 Å². The van der Waals surface area contributed by atoms with E-state index < -0.39 is 6.04 Å². The lowest BCUT2D eigenvalue weighted by molar-refractivity contribution is -0.195. The number of aliphatic hydroxyl groups excluding tert-OH is 1. The standard InChI is InChI=1S/C14H16INO4/c1-8-12-11(7-17)20-16(13(12)14(18)19-8)6-9-4-2-3-5-10(9)15/h2-5,8,11-13,17H,6-7H2,1H3/t8-,11-,12+,13-/m1/s1. The van der Waals surface area contributed by atoms with E-state index in [9.17, 15) is 9.90 Å². The smallest absolute Gasteiger partial charge is 0.326 e. The van der Waals surface area contributed by atoms with Crippen LogP contribution >= 0.6 is 22.6 Å². The predicted octanol–water partition coefficient (Wildman–Crippen LogP) is 1.33. The van der Waals surface area contributed by atoms with E-state index in [4.69, 9.17) is 9.57 Å². The molecule has 1 N–H and O–H groups in total. The quantitative estimate of drug-likeness (QED) is 0.625. The first-order valence-electron chi connectivity index (χ1n) is 6.60. The van der Waals surface area contributed by atoms with E-state index in [-0.39, 0.29) is 30.7 Å². The second-order valence-corrected chi connectivity index (χ2v) is 6.32. The number of carbonyl (C=O) groups excluding carboxylic acids is 1. The average molecular weight is 389 g/mol. The van der Waals surface area contributed by atoms with Crippen molar-refractivity contribution in [1.29, 1.82) is 0 Å². The molecule has 1 aromatic rings. The number of esters is 1. The maximum Gasteiger partial charge on any atom is 0.326 e. The zero-order chi connectivity index (χ0) is 14.3. The predicted molar refractivity (Wildman–Crippen MR) is 79.5 cm³/mol. The van der Waals surface area contributed by atoms with Crippen LogP contribution in [0.5, 0.6) is 0 Å². The molecule has 0 amide bonds. The van der Waals surface area contributed by atoms with Crippen LogP contribution < -0.4 is 0 Å². The fraction of sp³-hybridized carbons (Fsp3) is 0.500. The summed E-state index contributed by atoms with van der Waals surface area (Å²) in [6.07, 6.45) is -0.590. The fourth-order valence-electron chi connectivity index (χ4n) is 2.96. The number of hydroxylamine groups is 2. The Morgan fingerprint density at radius 2 is 2.15 bits per heavy atom. The molecule has 0 aliphatic carbocycles. The van der Waals surface area contributed by atoms with Crippen molar-refractivity contribution in [2.24, 2.45) is 5.92 Å². The number of ether oxygens (including phenoxy) is 1. The Kier molecular flexibility index (Phi) is 3.98. The summed E-state index contributed by atoms with van der Waals surface area (Å²) in [5.41, 5.74) is 1.10. The Balaban J connectivity index is 1.84. The van der Waals surface area contributed by atoms with E-state index in [0.29, 0.717) is 6.54 Å². The molecule has 4 atom stereocenters. The summed E-state index contributed by atoms with van der Waals surface area (Å²) in [6, 6.07) is 7.54. The van der Waals surface area contributed by atoms with Crippen molar-refractivity contribution in [2.75, 3.05) is 6.61 Å². The van der Waals surface area contributed by atoms with Crippen LogP contribution in [-0.2, 0) is 20.9 Å². The van der Waals surface area contributed by atoms with Gasteiger partial charge in [-0.05, 0) is 41.1 Å². The minimum absolute atomic E-state index is 0.103.